The molecule has 0 fully saturated rings. The van der Waals surface area contributed by atoms with Gasteiger partial charge in [-0.3, -0.25) is 4.79 Å². The van der Waals surface area contributed by atoms with E-state index in [4.69, 9.17) is 0 Å². The molecule has 0 spiro atoms. The molecular weight excluding hydrogens is 303 g/mol. The molecule has 1 amide bonds. The largest absolute Gasteiger partial charge is 0.328 e. The Hall–Kier alpha value is -3.01. The van der Waals surface area contributed by atoms with E-state index in [9.17, 15) is 9.18 Å². The maximum Gasteiger partial charge on any atom is 0.279 e. The van der Waals surface area contributed by atoms with Gasteiger partial charge in [0, 0.05) is 18.3 Å². The topological polar surface area (TPSA) is 34.4 Å². The Bertz CT molecular complexity index is 930. The van der Waals surface area contributed by atoms with Gasteiger partial charge in [-0.2, -0.15) is 4.99 Å². The molecule has 0 atom stereocenters. The van der Waals surface area contributed by atoms with Gasteiger partial charge in [-0.1, -0.05) is 42.5 Å². The SMILES string of the molecule is Cc1ccc(C(=O)N=c2ccccn2Cc2ccccc2)cc1F. The van der Waals surface area contributed by atoms with E-state index in [2.05, 4.69) is 4.99 Å². The second kappa shape index (κ2) is 7.04. The summed E-state index contributed by atoms with van der Waals surface area (Å²) in [6.45, 7) is 2.27. The van der Waals surface area contributed by atoms with Crippen molar-refractivity contribution in [1.82, 2.24) is 4.57 Å². The molecule has 3 nitrogen and oxygen atoms in total. The van der Waals surface area contributed by atoms with Crippen LogP contribution < -0.4 is 5.49 Å². The third kappa shape index (κ3) is 3.66. The molecule has 0 N–H and O–H groups in total. The van der Waals surface area contributed by atoms with Gasteiger partial charge in [-0.15, -0.1) is 0 Å². The van der Waals surface area contributed by atoms with Crippen molar-refractivity contribution in [3.05, 3.63) is 101 Å². The number of hydrogen-bond donors (Lipinski definition) is 0. The number of rotatable bonds is 3. The highest BCUT2D eigenvalue weighted by Crippen LogP contribution is 2.10. The molecule has 2 aromatic carbocycles. The maximum absolute atomic E-state index is 13.6. The van der Waals surface area contributed by atoms with Crippen LogP contribution in [-0.4, -0.2) is 10.5 Å². The number of amides is 1. The van der Waals surface area contributed by atoms with Crippen LogP contribution in [0.1, 0.15) is 21.5 Å². The van der Waals surface area contributed by atoms with Gasteiger partial charge in [0.15, 0.2) is 0 Å². The molecule has 0 radical (unpaired) electrons. The van der Waals surface area contributed by atoms with Gasteiger partial charge >= 0.3 is 0 Å². The summed E-state index contributed by atoms with van der Waals surface area (Å²) in [4.78, 5) is 16.5. The lowest BCUT2D eigenvalue weighted by Gasteiger charge is -2.07. The Morgan fingerprint density at radius 1 is 1.04 bits per heavy atom. The molecule has 3 rings (SSSR count). The molecule has 4 heteroatoms. The lowest BCUT2D eigenvalue weighted by molar-refractivity contribution is 0.0996. The van der Waals surface area contributed by atoms with Gasteiger partial charge in [0.1, 0.15) is 11.3 Å². The predicted octanol–water partition coefficient (Wildman–Crippen LogP) is 3.73. The monoisotopic (exact) mass is 320 g/mol. The fraction of sp³-hybridized carbons (Fsp3) is 0.100. The summed E-state index contributed by atoms with van der Waals surface area (Å²) in [5, 5.41) is 0. The number of carbonyl (C=O) groups excluding carboxylic acids is 1. The molecule has 1 aromatic heterocycles. The number of aromatic nitrogens is 1. The van der Waals surface area contributed by atoms with Crippen LogP contribution in [0.15, 0.2) is 77.9 Å². The van der Waals surface area contributed by atoms with Crippen molar-refractivity contribution < 1.29 is 9.18 Å². The number of benzene rings is 2. The van der Waals surface area contributed by atoms with Crippen molar-refractivity contribution >= 4 is 5.91 Å². The zero-order chi connectivity index (χ0) is 16.9. The first kappa shape index (κ1) is 15.9. The van der Waals surface area contributed by atoms with E-state index in [0.29, 0.717) is 17.6 Å². The minimum Gasteiger partial charge on any atom is -0.328 e. The number of halogens is 1. The van der Waals surface area contributed by atoms with Crippen molar-refractivity contribution in [3.8, 4) is 0 Å². The quantitative estimate of drug-likeness (QED) is 0.724. The predicted molar refractivity (Wildman–Crippen MR) is 91.0 cm³/mol. The third-order valence-corrected chi connectivity index (χ3v) is 3.75. The number of pyridine rings is 1. The van der Waals surface area contributed by atoms with Gasteiger partial charge in [-0.05, 0) is 42.3 Å². The van der Waals surface area contributed by atoms with E-state index < -0.39 is 11.7 Å². The van der Waals surface area contributed by atoms with Crippen molar-refractivity contribution in [2.75, 3.05) is 0 Å². The summed E-state index contributed by atoms with van der Waals surface area (Å²) < 4.78 is 15.5. The molecule has 0 aliphatic carbocycles. The lowest BCUT2D eigenvalue weighted by atomic mass is 10.1. The summed E-state index contributed by atoms with van der Waals surface area (Å²) >= 11 is 0. The van der Waals surface area contributed by atoms with Crippen LogP contribution in [0.5, 0.6) is 0 Å². The fourth-order valence-corrected chi connectivity index (χ4v) is 2.38. The first-order valence-electron chi connectivity index (χ1n) is 7.68. The summed E-state index contributed by atoms with van der Waals surface area (Å²) in [5.74, 6) is -0.858. The van der Waals surface area contributed by atoms with Crippen LogP contribution in [0.4, 0.5) is 4.39 Å². The Morgan fingerprint density at radius 2 is 1.79 bits per heavy atom. The maximum atomic E-state index is 13.6. The molecule has 0 saturated carbocycles. The van der Waals surface area contributed by atoms with Gasteiger partial charge < -0.3 is 4.57 Å². The first-order valence-corrected chi connectivity index (χ1v) is 7.68. The molecule has 120 valence electrons. The molecule has 0 aliphatic heterocycles. The van der Waals surface area contributed by atoms with Gasteiger partial charge in [0.05, 0.1) is 0 Å². The smallest absolute Gasteiger partial charge is 0.279 e. The fourth-order valence-electron chi connectivity index (χ4n) is 2.38. The van der Waals surface area contributed by atoms with Gasteiger partial charge in [0.2, 0.25) is 0 Å². The van der Waals surface area contributed by atoms with Crippen LogP contribution in [-0.2, 0) is 6.54 Å². The molecule has 1 heterocycles. The summed E-state index contributed by atoms with van der Waals surface area (Å²) in [6, 6.07) is 19.8. The second-order valence-electron chi connectivity index (χ2n) is 5.55. The average Bonchev–Trinajstić information content (AvgIpc) is 2.60. The van der Waals surface area contributed by atoms with Crippen LogP contribution in [0.25, 0.3) is 0 Å². The Kier molecular flexibility index (Phi) is 4.66. The molecule has 0 bridgehead atoms. The van der Waals surface area contributed by atoms with Crippen LogP contribution >= 0.6 is 0 Å². The van der Waals surface area contributed by atoms with Crippen molar-refractivity contribution in [2.24, 2.45) is 4.99 Å². The summed E-state index contributed by atoms with van der Waals surface area (Å²) in [6.07, 6.45) is 1.87. The highest BCUT2D eigenvalue weighted by Gasteiger charge is 2.07. The van der Waals surface area contributed by atoms with Gasteiger partial charge in [0.25, 0.3) is 5.91 Å². The molecule has 24 heavy (non-hydrogen) atoms. The van der Waals surface area contributed by atoms with Crippen LogP contribution in [0, 0.1) is 12.7 Å². The minimum atomic E-state index is -0.457. The highest BCUT2D eigenvalue weighted by molar-refractivity contribution is 5.94. The third-order valence-electron chi connectivity index (χ3n) is 3.75. The van der Waals surface area contributed by atoms with E-state index in [-0.39, 0.29) is 5.56 Å². The standard InChI is InChI=1S/C20H17FN2O/c1-15-10-11-17(13-18(15)21)20(24)22-19-9-5-6-12-23(19)14-16-7-3-2-4-8-16/h2-13H,14H2,1H3. The Labute approximate surface area is 139 Å². The van der Waals surface area contributed by atoms with E-state index in [1.165, 1.54) is 6.07 Å². The molecule has 0 aliphatic rings. The van der Waals surface area contributed by atoms with Crippen molar-refractivity contribution in [3.63, 3.8) is 0 Å². The number of aryl methyl sites for hydroxylation is 1. The zero-order valence-electron chi connectivity index (χ0n) is 13.3. The minimum absolute atomic E-state index is 0.244. The van der Waals surface area contributed by atoms with E-state index in [1.807, 2.05) is 53.2 Å². The van der Waals surface area contributed by atoms with E-state index >= 15 is 0 Å². The molecule has 0 saturated heterocycles. The molecular formula is C20H17FN2O. The van der Waals surface area contributed by atoms with Crippen molar-refractivity contribution in [1.29, 1.82) is 0 Å². The van der Waals surface area contributed by atoms with E-state index in [1.54, 1.807) is 25.1 Å². The van der Waals surface area contributed by atoms with E-state index in [0.717, 1.165) is 5.56 Å². The highest BCUT2D eigenvalue weighted by atomic mass is 19.1. The molecule has 3 aromatic rings. The first-order chi connectivity index (χ1) is 11.6. The van der Waals surface area contributed by atoms with Crippen molar-refractivity contribution in [2.45, 2.75) is 13.5 Å². The zero-order valence-corrected chi connectivity index (χ0v) is 13.3. The second-order valence-corrected chi connectivity index (χ2v) is 5.55. The molecule has 0 unspecified atom stereocenters. The average molecular weight is 320 g/mol. The number of hydrogen-bond acceptors (Lipinski definition) is 1. The van der Waals surface area contributed by atoms with Gasteiger partial charge in [-0.25, -0.2) is 4.39 Å². The Balaban J connectivity index is 1.95. The summed E-state index contributed by atoms with van der Waals surface area (Å²) in [5.41, 5.74) is 2.39. The van der Waals surface area contributed by atoms with Crippen LogP contribution in [0.2, 0.25) is 0 Å². The Morgan fingerprint density at radius 3 is 2.54 bits per heavy atom. The lowest BCUT2D eigenvalue weighted by Crippen LogP contribution is -2.22. The number of nitrogens with zero attached hydrogens (tertiary/aromatic N) is 2. The summed E-state index contributed by atoms with van der Waals surface area (Å²) in [7, 11) is 0. The van der Waals surface area contributed by atoms with Crippen LogP contribution in [0.3, 0.4) is 0 Å². The normalized spacial score (nSPS) is 11.5. The number of carbonyl (C=O) groups is 1.